The maximum absolute atomic E-state index is 13.1. The summed E-state index contributed by atoms with van der Waals surface area (Å²) in [7, 11) is -2.22. The summed E-state index contributed by atoms with van der Waals surface area (Å²) in [5, 5.41) is 3.29. The summed E-state index contributed by atoms with van der Waals surface area (Å²) in [4.78, 5) is 26.5. The Morgan fingerprint density at radius 2 is 1.91 bits per heavy atom. The van der Waals surface area contributed by atoms with Gasteiger partial charge in [-0.2, -0.15) is 4.31 Å². The number of ether oxygens (including phenoxy) is 2. The fourth-order valence-corrected chi connectivity index (χ4v) is 6.22. The van der Waals surface area contributed by atoms with Gasteiger partial charge in [0.15, 0.2) is 0 Å². The molecule has 2 aromatic rings. The van der Waals surface area contributed by atoms with Crippen LogP contribution in [0.15, 0.2) is 29.2 Å². The van der Waals surface area contributed by atoms with Crippen LogP contribution >= 0.6 is 11.3 Å². The van der Waals surface area contributed by atoms with Crippen LogP contribution in [0.4, 0.5) is 5.00 Å². The van der Waals surface area contributed by atoms with Crippen molar-refractivity contribution in [2.24, 2.45) is 5.92 Å². The Morgan fingerprint density at radius 1 is 1.22 bits per heavy atom. The number of piperidine rings is 1. The van der Waals surface area contributed by atoms with Gasteiger partial charge in [0.05, 0.1) is 30.1 Å². The maximum atomic E-state index is 13.1. The molecule has 174 valence electrons. The lowest BCUT2D eigenvalue weighted by molar-refractivity contribution is -0.120. The molecule has 1 aliphatic rings. The van der Waals surface area contributed by atoms with Crippen molar-refractivity contribution in [2.75, 3.05) is 32.1 Å². The van der Waals surface area contributed by atoms with E-state index in [9.17, 15) is 18.0 Å². The predicted molar refractivity (Wildman–Crippen MR) is 123 cm³/mol. The third kappa shape index (κ3) is 4.97. The smallest absolute Gasteiger partial charge is 0.341 e. The van der Waals surface area contributed by atoms with Crippen molar-refractivity contribution in [2.45, 2.75) is 38.5 Å². The van der Waals surface area contributed by atoms with E-state index < -0.39 is 21.9 Å². The minimum Gasteiger partial charge on any atom is -0.497 e. The fraction of sp³-hybridized carbons (Fsp3) is 0.455. The number of thiophene rings is 1. The molecule has 0 radical (unpaired) electrons. The molecule has 1 aromatic carbocycles. The fourth-order valence-electron chi connectivity index (χ4n) is 3.65. The number of anilines is 1. The SMILES string of the molecule is CCOC(=O)c1c(NC(=O)C2CCCN(S(=O)(=O)c3ccc(OC)cc3)C2)sc(C)c1C. The third-order valence-corrected chi connectivity index (χ3v) is 8.56. The minimum atomic E-state index is -3.73. The Kier molecular flexibility index (Phi) is 7.58. The number of amides is 1. The summed E-state index contributed by atoms with van der Waals surface area (Å²) in [6.07, 6.45) is 1.14. The van der Waals surface area contributed by atoms with E-state index in [1.165, 1.54) is 34.9 Å². The normalized spacial score (nSPS) is 17.1. The molecule has 10 heteroatoms. The van der Waals surface area contributed by atoms with E-state index in [0.29, 0.717) is 35.7 Å². The zero-order valence-electron chi connectivity index (χ0n) is 18.6. The molecule has 1 saturated heterocycles. The van der Waals surface area contributed by atoms with Gasteiger partial charge in [0.25, 0.3) is 0 Å². The van der Waals surface area contributed by atoms with Crippen molar-refractivity contribution in [1.82, 2.24) is 4.31 Å². The molecule has 32 heavy (non-hydrogen) atoms. The molecule has 0 bridgehead atoms. The number of carbonyl (C=O) groups excluding carboxylic acids is 2. The number of nitrogens with one attached hydrogen (secondary N) is 1. The van der Waals surface area contributed by atoms with Crippen LogP contribution in [-0.2, 0) is 19.6 Å². The summed E-state index contributed by atoms with van der Waals surface area (Å²) in [6.45, 7) is 6.09. The quantitative estimate of drug-likeness (QED) is 0.608. The van der Waals surface area contributed by atoms with Crippen molar-refractivity contribution in [3.8, 4) is 5.75 Å². The third-order valence-electron chi connectivity index (χ3n) is 5.55. The molecule has 3 rings (SSSR count). The van der Waals surface area contributed by atoms with Crippen molar-refractivity contribution in [3.63, 3.8) is 0 Å². The van der Waals surface area contributed by atoms with Crippen molar-refractivity contribution in [3.05, 3.63) is 40.3 Å². The second-order valence-corrected chi connectivity index (χ2v) is 10.7. The molecule has 1 N–H and O–H groups in total. The number of methoxy groups -OCH3 is 1. The number of aryl methyl sites for hydroxylation is 1. The van der Waals surface area contributed by atoms with Crippen LogP contribution in [0.5, 0.6) is 5.75 Å². The average molecular weight is 481 g/mol. The molecular weight excluding hydrogens is 452 g/mol. The number of carbonyl (C=O) groups is 2. The number of rotatable bonds is 7. The lowest BCUT2D eigenvalue weighted by Gasteiger charge is -2.31. The van der Waals surface area contributed by atoms with E-state index in [1.807, 2.05) is 13.8 Å². The Balaban J connectivity index is 1.76. The number of hydrogen-bond acceptors (Lipinski definition) is 7. The maximum Gasteiger partial charge on any atom is 0.341 e. The van der Waals surface area contributed by atoms with Crippen molar-refractivity contribution in [1.29, 1.82) is 0 Å². The average Bonchev–Trinajstić information content (AvgIpc) is 3.06. The number of nitrogens with zero attached hydrogens (tertiary/aromatic N) is 1. The molecular formula is C22H28N2O6S2. The second kappa shape index (κ2) is 10.0. The van der Waals surface area contributed by atoms with Crippen molar-refractivity contribution < 1.29 is 27.5 Å². The first-order valence-electron chi connectivity index (χ1n) is 10.4. The first kappa shape index (κ1) is 24.2. The molecule has 0 aliphatic carbocycles. The molecule has 1 atom stereocenters. The van der Waals surface area contributed by atoms with Crippen LogP contribution < -0.4 is 10.1 Å². The Labute approximate surface area is 192 Å². The highest BCUT2D eigenvalue weighted by molar-refractivity contribution is 7.89. The van der Waals surface area contributed by atoms with Gasteiger partial charge in [-0.15, -0.1) is 11.3 Å². The van der Waals surface area contributed by atoms with Gasteiger partial charge in [0, 0.05) is 18.0 Å². The van der Waals surface area contributed by atoms with E-state index in [1.54, 1.807) is 19.1 Å². The molecule has 1 fully saturated rings. The molecule has 0 saturated carbocycles. The molecule has 2 heterocycles. The van der Waals surface area contributed by atoms with Crippen LogP contribution in [0.25, 0.3) is 0 Å². The number of sulfonamides is 1. The number of esters is 1. The molecule has 1 aliphatic heterocycles. The van der Waals surface area contributed by atoms with Crippen LogP contribution in [0, 0.1) is 19.8 Å². The van der Waals surface area contributed by atoms with Gasteiger partial charge in [-0.1, -0.05) is 0 Å². The van der Waals surface area contributed by atoms with Gasteiger partial charge >= 0.3 is 5.97 Å². The van der Waals surface area contributed by atoms with E-state index in [-0.39, 0.29) is 24.0 Å². The van der Waals surface area contributed by atoms with Crippen LogP contribution in [0.3, 0.4) is 0 Å². The van der Waals surface area contributed by atoms with E-state index in [4.69, 9.17) is 9.47 Å². The van der Waals surface area contributed by atoms with Gasteiger partial charge in [-0.05, 0) is 63.4 Å². The molecule has 0 spiro atoms. The lowest BCUT2D eigenvalue weighted by Crippen LogP contribution is -2.43. The standard InChI is InChI=1S/C22H28N2O6S2/c1-5-30-22(26)19-14(2)15(3)31-21(19)23-20(25)16-7-6-12-24(13-16)32(27,28)18-10-8-17(29-4)9-11-18/h8-11,16H,5-7,12-13H2,1-4H3,(H,23,25). The highest BCUT2D eigenvalue weighted by Gasteiger charge is 2.34. The van der Waals surface area contributed by atoms with Gasteiger partial charge in [0.1, 0.15) is 10.8 Å². The number of benzene rings is 1. The van der Waals surface area contributed by atoms with Gasteiger partial charge < -0.3 is 14.8 Å². The van der Waals surface area contributed by atoms with Crippen LogP contribution in [0.2, 0.25) is 0 Å². The summed E-state index contributed by atoms with van der Waals surface area (Å²) in [5.41, 5.74) is 1.14. The largest absolute Gasteiger partial charge is 0.497 e. The summed E-state index contributed by atoms with van der Waals surface area (Å²) in [5.74, 6) is -0.725. The Hall–Kier alpha value is -2.43. The highest BCUT2D eigenvalue weighted by atomic mass is 32.2. The zero-order chi connectivity index (χ0) is 23.5. The first-order chi connectivity index (χ1) is 15.2. The van der Waals surface area contributed by atoms with Crippen molar-refractivity contribution >= 4 is 38.2 Å². The summed E-state index contributed by atoms with van der Waals surface area (Å²) in [6, 6.07) is 6.19. The molecule has 1 amide bonds. The predicted octanol–water partition coefficient (Wildman–Crippen LogP) is 3.59. The molecule has 1 aromatic heterocycles. The Morgan fingerprint density at radius 3 is 2.53 bits per heavy atom. The van der Waals surface area contributed by atoms with Crippen LogP contribution in [-0.4, -0.2) is 51.4 Å². The van der Waals surface area contributed by atoms with Gasteiger partial charge in [-0.3, -0.25) is 4.79 Å². The summed E-state index contributed by atoms with van der Waals surface area (Å²) >= 11 is 1.32. The molecule has 1 unspecified atom stereocenters. The summed E-state index contributed by atoms with van der Waals surface area (Å²) < 4.78 is 37.7. The number of hydrogen-bond donors (Lipinski definition) is 1. The molecule has 8 nitrogen and oxygen atoms in total. The zero-order valence-corrected chi connectivity index (χ0v) is 20.3. The van der Waals surface area contributed by atoms with Crippen LogP contribution in [0.1, 0.15) is 40.6 Å². The first-order valence-corrected chi connectivity index (χ1v) is 12.7. The lowest BCUT2D eigenvalue weighted by atomic mass is 9.99. The monoisotopic (exact) mass is 480 g/mol. The van der Waals surface area contributed by atoms with E-state index in [0.717, 1.165) is 10.4 Å². The minimum absolute atomic E-state index is 0.0816. The van der Waals surface area contributed by atoms with E-state index >= 15 is 0 Å². The van der Waals surface area contributed by atoms with E-state index in [2.05, 4.69) is 5.32 Å². The van der Waals surface area contributed by atoms with Gasteiger partial charge in [0.2, 0.25) is 15.9 Å². The highest BCUT2D eigenvalue weighted by Crippen LogP contribution is 2.34. The topological polar surface area (TPSA) is 102 Å². The van der Waals surface area contributed by atoms with Gasteiger partial charge in [-0.25, -0.2) is 13.2 Å². The second-order valence-electron chi connectivity index (χ2n) is 7.57. The Bertz CT molecular complexity index is 1090.